The minimum Gasteiger partial charge on any atom is -0.310 e. The fourth-order valence-corrected chi connectivity index (χ4v) is 10.7. The maximum atomic E-state index is 2.53. The van der Waals surface area contributed by atoms with Gasteiger partial charge in [0.2, 0.25) is 0 Å². The molecule has 0 amide bonds. The van der Waals surface area contributed by atoms with Crippen LogP contribution >= 0.6 is 0 Å². The van der Waals surface area contributed by atoms with Gasteiger partial charge < -0.3 is 9.80 Å². The zero-order chi connectivity index (χ0) is 44.7. The summed E-state index contributed by atoms with van der Waals surface area (Å²) in [6, 6.07) is 69.6. The van der Waals surface area contributed by atoms with E-state index in [0.717, 1.165) is 34.1 Å². The lowest BCUT2D eigenvalue weighted by Crippen LogP contribution is -2.30. The average Bonchev–Trinajstić information content (AvgIpc) is 3.56. The summed E-state index contributed by atoms with van der Waals surface area (Å²) in [7, 11) is 0. The molecule has 0 atom stereocenters. The van der Waals surface area contributed by atoms with Gasteiger partial charge in [0.25, 0.3) is 0 Å². The van der Waals surface area contributed by atoms with Crippen LogP contribution in [-0.2, 0) is 5.41 Å². The summed E-state index contributed by atoms with van der Waals surface area (Å²) in [6.45, 7) is 17.7. The summed E-state index contributed by atoms with van der Waals surface area (Å²) in [5.74, 6) is 0. The summed E-state index contributed by atoms with van der Waals surface area (Å²) in [6.07, 6.45) is 0. The fraction of sp³-hybridized carbons (Fsp3) is 0.143. The molecule has 0 N–H and O–H groups in total. The minimum absolute atomic E-state index is 0.682. The van der Waals surface area contributed by atoms with Crippen molar-refractivity contribution in [2.75, 3.05) is 9.80 Å². The molecule has 0 fully saturated rings. The summed E-state index contributed by atoms with van der Waals surface area (Å²) in [5.41, 5.74) is 29.1. The molecule has 0 aromatic heterocycles. The molecule has 2 aliphatic carbocycles. The Balaban J connectivity index is 1.27. The number of benzene rings is 9. The highest BCUT2D eigenvalue weighted by atomic mass is 15.1. The van der Waals surface area contributed by atoms with Gasteiger partial charge in [0.05, 0.1) is 5.41 Å². The quantitative estimate of drug-likeness (QED) is 0.165. The van der Waals surface area contributed by atoms with Crippen LogP contribution in [0.25, 0.3) is 33.4 Å². The number of anilines is 6. The molecule has 0 unspecified atom stereocenters. The smallest absolute Gasteiger partial charge is 0.0727 e. The van der Waals surface area contributed by atoms with Gasteiger partial charge in [-0.15, -0.1) is 0 Å². The van der Waals surface area contributed by atoms with Crippen molar-refractivity contribution in [2.45, 2.75) is 60.8 Å². The second-order valence-corrected chi connectivity index (χ2v) is 18.6. The maximum Gasteiger partial charge on any atom is 0.0727 e. The molecular weight excluding hydrogens is 785 g/mol. The van der Waals surface area contributed by atoms with E-state index in [1.54, 1.807) is 0 Å². The number of aryl methyl sites for hydroxylation is 8. The van der Waals surface area contributed by atoms with Crippen molar-refractivity contribution in [1.82, 2.24) is 0 Å². The normalized spacial score (nSPS) is 12.7. The van der Waals surface area contributed by atoms with E-state index in [1.807, 2.05) is 0 Å². The lowest BCUT2D eigenvalue weighted by molar-refractivity contribution is 0.775. The van der Waals surface area contributed by atoms with E-state index in [4.69, 9.17) is 0 Å². The Bertz CT molecular complexity index is 3060. The van der Waals surface area contributed by atoms with E-state index in [2.05, 4.69) is 247 Å². The van der Waals surface area contributed by atoms with E-state index in [0.29, 0.717) is 0 Å². The number of hydrogen-bond acceptors (Lipinski definition) is 2. The van der Waals surface area contributed by atoms with Crippen LogP contribution < -0.4 is 9.80 Å². The molecular formula is C63H54N2. The summed E-state index contributed by atoms with van der Waals surface area (Å²) in [4.78, 5) is 4.93. The molecule has 2 aliphatic rings. The molecule has 1 spiro atoms. The number of hydrogen-bond donors (Lipinski definition) is 0. The summed E-state index contributed by atoms with van der Waals surface area (Å²) < 4.78 is 0. The predicted octanol–water partition coefficient (Wildman–Crippen LogP) is 17.1. The molecule has 0 aliphatic heterocycles. The number of nitrogens with zero attached hydrogens (tertiary/aromatic N) is 2. The van der Waals surface area contributed by atoms with Gasteiger partial charge >= 0.3 is 0 Å². The van der Waals surface area contributed by atoms with Crippen LogP contribution in [0.5, 0.6) is 0 Å². The molecule has 0 saturated heterocycles. The highest BCUT2D eigenvalue weighted by molar-refractivity contribution is 5.99. The molecule has 316 valence electrons. The van der Waals surface area contributed by atoms with Crippen LogP contribution in [0.1, 0.15) is 66.8 Å². The van der Waals surface area contributed by atoms with Gasteiger partial charge in [0, 0.05) is 34.1 Å². The molecule has 0 saturated carbocycles. The molecule has 65 heavy (non-hydrogen) atoms. The van der Waals surface area contributed by atoms with Crippen LogP contribution in [-0.4, -0.2) is 0 Å². The first kappa shape index (κ1) is 40.4. The Morgan fingerprint density at radius 1 is 0.231 bits per heavy atom. The van der Waals surface area contributed by atoms with Gasteiger partial charge in [-0.3, -0.25) is 0 Å². The van der Waals surface area contributed by atoms with Gasteiger partial charge in [-0.25, -0.2) is 0 Å². The first-order chi connectivity index (χ1) is 31.5. The van der Waals surface area contributed by atoms with Crippen LogP contribution in [0.3, 0.4) is 0 Å². The Labute approximate surface area is 385 Å². The van der Waals surface area contributed by atoms with E-state index in [1.165, 1.54) is 100 Å². The third-order valence-corrected chi connectivity index (χ3v) is 14.8. The second-order valence-electron chi connectivity index (χ2n) is 18.6. The fourth-order valence-electron chi connectivity index (χ4n) is 10.7. The van der Waals surface area contributed by atoms with Crippen molar-refractivity contribution in [1.29, 1.82) is 0 Å². The third kappa shape index (κ3) is 6.30. The first-order valence-corrected chi connectivity index (χ1v) is 23.0. The van der Waals surface area contributed by atoms with Gasteiger partial charge in [-0.05, 0) is 228 Å². The van der Waals surface area contributed by atoms with E-state index in [-0.39, 0.29) is 0 Å². The zero-order valence-corrected chi connectivity index (χ0v) is 38.7. The molecule has 2 nitrogen and oxygen atoms in total. The molecule has 0 heterocycles. The lowest BCUT2D eigenvalue weighted by Gasteiger charge is -2.37. The van der Waals surface area contributed by atoms with Crippen molar-refractivity contribution in [2.24, 2.45) is 0 Å². The highest BCUT2D eigenvalue weighted by Gasteiger charge is 2.50. The van der Waals surface area contributed by atoms with Crippen LogP contribution in [0, 0.1) is 55.4 Å². The van der Waals surface area contributed by atoms with Gasteiger partial charge in [-0.1, -0.05) is 109 Å². The molecule has 9 aromatic rings. The Morgan fingerprint density at radius 2 is 0.492 bits per heavy atom. The molecule has 0 radical (unpaired) electrons. The van der Waals surface area contributed by atoms with Crippen LogP contribution in [0.2, 0.25) is 0 Å². The third-order valence-electron chi connectivity index (χ3n) is 14.8. The van der Waals surface area contributed by atoms with Crippen LogP contribution in [0.4, 0.5) is 34.1 Å². The van der Waals surface area contributed by atoms with Crippen molar-refractivity contribution >= 4 is 34.1 Å². The molecule has 9 aromatic carbocycles. The number of rotatable bonds is 6. The van der Waals surface area contributed by atoms with Gasteiger partial charge in [0.1, 0.15) is 0 Å². The highest BCUT2D eigenvalue weighted by Crippen LogP contribution is 2.62. The minimum atomic E-state index is -0.682. The largest absolute Gasteiger partial charge is 0.310 e. The molecule has 11 rings (SSSR count). The average molecular weight is 839 g/mol. The lowest BCUT2D eigenvalue weighted by atomic mass is 9.65. The Hall–Kier alpha value is -7.42. The first-order valence-electron chi connectivity index (χ1n) is 23.0. The van der Waals surface area contributed by atoms with Crippen LogP contribution in [0.15, 0.2) is 182 Å². The van der Waals surface area contributed by atoms with Crippen molar-refractivity contribution in [3.63, 3.8) is 0 Å². The summed E-state index contributed by atoms with van der Waals surface area (Å²) in [5, 5.41) is 0. The Morgan fingerprint density at radius 3 is 0.815 bits per heavy atom. The molecule has 0 bridgehead atoms. The monoisotopic (exact) mass is 838 g/mol. The standard InChI is InChI=1S/C63H54N2/c1-39-21-25-47(33-43(39)5)64(48-26-22-40(2)44(6)34-48)51-29-31-57-53-15-9-10-16-54(53)58-32-30-52(65(49-27-23-41(3)45(7)35-49)50-28-24-42(4)46(8)36-50)38-62(58)63(61(57)37-51)59-19-13-11-17-55(59)56-18-12-14-20-60(56)63/h9-38H,1-8H3. The Kier molecular flexibility index (Phi) is 9.55. The van der Waals surface area contributed by atoms with Crippen molar-refractivity contribution in [3.8, 4) is 33.4 Å². The predicted molar refractivity (Wildman–Crippen MR) is 275 cm³/mol. The number of fused-ring (bicyclic) bond motifs is 12. The van der Waals surface area contributed by atoms with E-state index >= 15 is 0 Å². The topological polar surface area (TPSA) is 6.48 Å². The van der Waals surface area contributed by atoms with Gasteiger partial charge in [0.15, 0.2) is 0 Å². The van der Waals surface area contributed by atoms with Crippen molar-refractivity contribution in [3.05, 3.63) is 249 Å². The zero-order valence-electron chi connectivity index (χ0n) is 38.7. The molecule has 2 heteroatoms. The van der Waals surface area contributed by atoms with Gasteiger partial charge in [-0.2, -0.15) is 0 Å². The van der Waals surface area contributed by atoms with E-state index < -0.39 is 5.41 Å². The van der Waals surface area contributed by atoms with Crippen molar-refractivity contribution < 1.29 is 0 Å². The second kappa shape index (κ2) is 15.4. The maximum absolute atomic E-state index is 2.53. The SMILES string of the molecule is Cc1ccc(N(c2ccc(C)c(C)c2)c2ccc3c(c2)C2(c4cc(N(c5ccc(C)c(C)c5)c5ccc(C)c(C)c5)ccc4-c4ccccc4-3)c3ccccc3-c3ccccc32)cc1C. The summed E-state index contributed by atoms with van der Waals surface area (Å²) >= 11 is 0. The van der Waals surface area contributed by atoms with E-state index in [9.17, 15) is 0 Å².